The maximum absolute atomic E-state index is 5.61. The van der Waals surface area contributed by atoms with E-state index in [1.807, 2.05) is 29.7 Å². The molecule has 4 aromatic rings. The molecule has 1 unspecified atom stereocenters. The van der Waals surface area contributed by atoms with Crippen molar-refractivity contribution in [1.82, 2.24) is 34.0 Å². The molecule has 0 spiro atoms. The summed E-state index contributed by atoms with van der Waals surface area (Å²) in [4.78, 5) is 24.7. The SMILES string of the molecule is Cc1nc2ccccc2n1-c1nc(N2CCOCC2)c2nc(CN3CCC(C)C3)n(C)c2n1. The van der Waals surface area contributed by atoms with Gasteiger partial charge in [-0.1, -0.05) is 19.1 Å². The fourth-order valence-electron chi connectivity index (χ4n) is 5.09. The van der Waals surface area contributed by atoms with Gasteiger partial charge < -0.3 is 14.2 Å². The second kappa shape index (κ2) is 8.07. The number of aryl methyl sites for hydroxylation is 2. The molecule has 0 radical (unpaired) electrons. The quantitative estimate of drug-likeness (QED) is 0.477. The summed E-state index contributed by atoms with van der Waals surface area (Å²) in [7, 11) is 2.07. The Balaban J connectivity index is 1.52. The molecule has 9 nitrogen and oxygen atoms in total. The molecule has 9 heteroatoms. The summed E-state index contributed by atoms with van der Waals surface area (Å²) in [5.74, 6) is 4.17. The Morgan fingerprint density at radius 3 is 2.64 bits per heavy atom. The van der Waals surface area contributed by atoms with Crippen LogP contribution >= 0.6 is 0 Å². The van der Waals surface area contributed by atoms with Gasteiger partial charge in [0.05, 0.1) is 30.8 Å². The highest BCUT2D eigenvalue weighted by Crippen LogP contribution is 2.29. The van der Waals surface area contributed by atoms with Gasteiger partial charge in [-0.15, -0.1) is 0 Å². The van der Waals surface area contributed by atoms with Crippen molar-refractivity contribution < 1.29 is 4.74 Å². The van der Waals surface area contributed by atoms with Gasteiger partial charge in [0.25, 0.3) is 0 Å². The highest BCUT2D eigenvalue weighted by atomic mass is 16.5. The van der Waals surface area contributed by atoms with Crippen LogP contribution in [0.15, 0.2) is 24.3 Å². The molecule has 172 valence electrons. The summed E-state index contributed by atoms with van der Waals surface area (Å²) in [5.41, 5.74) is 3.68. The Morgan fingerprint density at radius 2 is 1.85 bits per heavy atom. The van der Waals surface area contributed by atoms with Crippen LogP contribution in [0.25, 0.3) is 28.1 Å². The van der Waals surface area contributed by atoms with Crippen LogP contribution in [0.2, 0.25) is 0 Å². The fourth-order valence-corrected chi connectivity index (χ4v) is 5.09. The predicted molar refractivity (Wildman–Crippen MR) is 128 cm³/mol. The monoisotopic (exact) mass is 446 g/mol. The zero-order chi connectivity index (χ0) is 22.5. The number of imidazole rings is 2. The van der Waals surface area contributed by atoms with E-state index in [1.165, 1.54) is 6.42 Å². The van der Waals surface area contributed by atoms with Crippen LogP contribution in [0.1, 0.15) is 25.0 Å². The van der Waals surface area contributed by atoms with E-state index in [1.54, 1.807) is 0 Å². The molecule has 33 heavy (non-hydrogen) atoms. The Labute approximate surface area is 193 Å². The first-order chi connectivity index (χ1) is 16.1. The molecule has 0 saturated carbocycles. The maximum atomic E-state index is 5.61. The van der Waals surface area contributed by atoms with Crippen molar-refractivity contribution in [3.63, 3.8) is 0 Å². The number of benzene rings is 1. The van der Waals surface area contributed by atoms with Gasteiger partial charge in [-0.05, 0) is 37.9 Å². The van der Waals surface area contributed by atoms with Crippen molar-refractivity contribution in [2.24, 2.45) is 13.0 Å². The van der Waals surface area contributed by atoms with E-state index in [4.69, 9.17) is 24.7 Å². The number of aromatic nitrogens is 6. The third-order valence-electron chi connectivity index (χ3n) is 6.89. The van der Waals surface area contributed by atoms with Crippen molar-refractivity contribution in [3.8, 4) is 5.95 Å². The number of hydrogen-bond acceptors (Lipinski definition) is 7. The minimum Gasteiger partial charge on any atom is -0.378 e. The van der Waals surface area contributed by atoms with E-state index in [0.29, 0.717) is 19.2 Å². The van der Waals surface area contributed by atoms with E-state index in [2.05, 4.69) is 34.4 Å². The zero-order valence-electron chi connectivity index (χ0n) is 19.5. The normalized spacial score (nSPS) is 19.8. The average Bonchev–Trinajstić information content (AvgIpc) is 3.49. The molecule has 2 aliphatic rings. The first-order valence-corrected chi connectivity index (χ1v) is 11.8. The highest BCUT2D eigenvalue weighted by molar-refractivity contribution is 5.86. The molecular formula is C24H30N8O. The van der Waals surface area contributed by atoms with E-state index in [9.17, 15) is 0 Å². The Bertz CT molecular complexity index is 1320. The van der Waals surface area contributed by atoms with Gasteiger partial charge in [0.1, 0.15) is 11.6 Å². The molecule has 2 saturated heterocycles. The lowest BCUT2D eigenvalue weighted by atomic mass is 10.2. The summed E-state index contributed by atoms with van der Waals surface area (Å²) in [6.45, 7) is 10.4. The Morgan fingerprint density at radius 1 is 1.03 bits per heavy atom. The lowest BCUT2D eigenvalue weighted by Gasteiger charge is -2.28. The molecule has 1 atom stereocenters. The Kier molecular flexibility index (Phi) is 5.03. The average molecular weight is 447 g/mol. The number of hydrogen-bond donors (Lipinski definition) is 0. The van der Waals surface area contributed by atoms with Crippen molar-refractivity contribution in [2.75, 3.05) is 44.3 Å². The van der Waals surface area contributed by atoms with E-state index in [0.717, 1.165) is 78.3 Å². The molecule has 1 aromatic carbocycles. The smallest absolute Gasteiger partial charge is 0.239 e. The number of likely N-dealkylation sites (tertiary alicyclic amines) is 1. The summed E-state index contributed by atoms with van der Waals surface area (Å²) in [5, 5.41) is 0. The first kappa shape index (κ1) is 20.6. The summed E-state index contributed by atoms with van der Waals surface area (Å²) >= 11 is 0. The van der Waals surface area contributed by atoms with Crippen molar-refractivity contribution >= 4 is 28.0 Å². The number of para-hydroxylation sites is 2. The van der Waals surface area contributed by atoms with Crippen LogP contribution in [0.5, 0.6) is 0 Å². The van der Waals surface area contributed by atoms with Gasteiger partial charge in [0, 0.05) is 26.7 Å². The van der Waals surface area contributed by atoms with Gasteiger partial charge in [0.2, 0.25) is 5.95 Å². The van der Waals surface area contributed by atoms with Gasteiger partial charge in [-0.25, -0.2) is 9.97 Å². The number of morpholine rings is 1. The number of anilines is 1. The zero-order valence-corrected chi connectivity index (χ0v) is 19.5. The lowest BCUT2D eigenvalue weighted by Crippen LogP contribution is -2.37. The second-order valence-corrected chi connectivity index (χ2v) is 9.32. The van der Waals surface area contributed by atoms with Gasteiger partial charge in [0.15, 0.2) is 17.0 Å². The number of rotatable bonds is 4. The molecule has 0 bridgehead atoms. The largest absolute Gasteiger partial charge is 0.378 e. The minimum atomic E-state index is 0.638. The van der Waals surface area contributed by atoms with Crippen molar-refractivity contribution in [1.29, 1.82) is 0 Å². The molecule has 6 rings (SSSR count). The van der Waals surface area contributed by atoms with Crippen LogP contribution in [-0.4, -0.2) is 73.4 Å². The molecule has 0 amide bonds. The van der Waals surface area contributed by atoms with Crippen molar-refractivity contribution in [3.05, 3.63) is 35.9 Å². The van der Waals surface area contributed by atoms with Crippen LogP contribution in [0, 0.1) is 12.8 Å². The van der Waals surface area contributed by atoms with Crippen LogP contribution < -0.4 is 4.90 Å². The van der Waals surface area contributed by atoms with Crippen molar-refractivity contribution in [2.45, 2.75) is 26.8 Å². The minimum absolute atomic E-state index is 0.638. The predicted octanol–water partition coefficient (Wildman–Crippen LogP) is 2.69. The molecular weight excluding hydrogens is 416 g/mol. The fraction of sp³-hybridized carbons (Fsp3) is 0.500. The highest BCUT2D eigenvalue weighted by Gasteiger charge is 2.26. The van der Waals surface area contributed by atoms with Gasteiger partial charge in [-0.2, -0.15) is 9.97 Å². The topological polar surface area (TPSA) is 77.1 Å². The molecule has 2 fully saturated rings. The maximum Gasteiger partial charge on any atom is 0.239 e. The lowest BCUT2D eigenvalue weighted by molar-refractivity contribution is 0.122. The number of nitrogens with zero attached hydrogens (tertiary/aromatic N) is 8. The summed E-state index contributed by atoms with van der Waals surface area (Å²) in [6, 6.07) is 8.13. The van der Waals surface area contributed by atoms with Gasteiger partial charge in [-0.3, -0.25) is 9.47 Å². The molecule has 0 aliphatic carbocycles. The van der Waals surface area contributed by atoms with E-state index >= 15 is 0 Å². The first-order valence-electron chi connectivity index (χ1n) is 11.8. The third-order valence-corrected chi connectivity index (χ3v) is 6.89. The van der Waals surface area contributed by atoms with Crippen LogP contribution in [0.3, 0.4) is 0 Å². The number of ether oxygens (including phenoxy) is 1. The second-order valence-electron chi connectivity index (χ2n) is 9.32. The Hall–Kier alpha value is -3.04. The molecule has 0 N–H and O–H groups in total. The number of fused-ring (bicyclic) bond motifs is 2. The standard InChI is InChI=1S/C24H30N8O/c1-16-8-9-30(14-16)15-20-26-21-22(29(20)3)27-24(28-23(21)31-10-12-33-13-11-31)32-17(2)25-18-6-4-5-7-19(18)32/h4-7,16H,8-15H2,1-3H3. The van der Waals surface area contributed by atoms with E-state index < -0.39 is 0 Å². The van der Waals surface area contributed by atoms with Gasteiger partial charge >= 0.3 is 0 Å². The molecule has 2 aliphatic heterocycles. The van der Waals surface area contributed by atoms with Crippen LogP contribution in [-0.2, 0) is 18.3 Å². The van der Waals surface area contributed by atoms with Crippen LogP contribution in [0.4, 0.5) is 5.82 Å². The third kappa shape index (κ3) is 3.55. The summed E-state index contributed by atoms with van der Waals surface area (Å²) < 4.78 is 9.80. The molecule has 5 heterocycles. The molecule has 3 aromatic heterocycles. The summed E-state index contributed by atoms with van der Waals surface area (Å²) in [6.07, 6.45) is 1.25. The van der Waals surface area contributed by atoms with E-state index in [-0.39, 0.29) is 0 Å².